The molecule has 1 aromatic heterocycles. The van der Waals surface area contributed by atoms with E-state index in [0.717, 1.165) is 17.7 Å². The maximum atomic E-state index is 14.0. The van der Waals surface area contributed by atoms with Gasteiger partial charge in [0.1, 0.15) is 5.82 Å². The lowest BCUT2D eigenvalue weighted by Gasteiger charge is -2.20. The van der Waals surface area contributed by atoms with Crippen LogP contribution in [0.3, 0.4) is 0 Å². The fraction of sp³-hybridized carbons (Fsp3) is 0.333. The topological polar surface area (TPSA) is 132 Å². The number of anilines is 1. The van der Waals surface area contributed by atoms with Gasteiger partial charge in [-0.05, 0) is 72.7 Å². The Morgan fingerprint density at radius 2 is 1.44 bits per heavy atom. The molecule has 5 N–H and O–H groups in total. The third kappa shape index (κ3) is 9.84. The van der Waals surface area contributed by atoms with Crippen LogP contribution < -0.4 is 5.32 Å². The van der Waals surface area contributed by atoms with Gasteiger partial charge in [0.25, 0.3) is 5.91 Å². The summed E-state index contributed by atoms with van der Waals surface area (Å²) in [5.74, 6) is -1.93. The summed E-state index contributed by atoms with van der Waals surface area (Å²) in [5.41, 5.74) is 4.77. The van der Waals surface area contributed by atoms with Crippen LogP contribution in [0.2, 0.25) is 0 Å². The van der Waals surface area contributed by atoms with Gasteiger partial charge in [-0.2, -0.15) is 0 Å². The smallest absolute Gasteiger partial charge is 0.305 e. The number of hydrogen-bond acceptors (Lipinski definition) is 5. The van der Waals surface area contributed by atoms with Crippen molar-refractivity contribution >= 4 is 17.6 Å². The van der Waals surface area contributed by atoms with Crippen LogP contribution in [-0.4, -0.2) is 55.7 Å². The van der Waals surface area contributed by atoms with E-state index in [0.29, 0.717) is 34.7 Å². The third-order valence-corrected chi connectivity index (χ3v) is 7.15. The van der Waals surface area contributed by atoms with Crippen molar-refractivity contribution in [3.8, 4) is 22.4 Å². The summed E-state index contributed by atoms with van der Waals surface area (Å²) < 4.78 is 16.0. The molecule has 0 bridgehead atoms. The highest BCUT2D eigenvalue weighted by atomic mass is 19.1. The molecular formula is C36H43FN2O6. The number of carbonyl (C=O) groups excluding carboxylic acids is 1. The lowest BCUT2D eigenvalue weighted by atomic mass is 9.94. The number of aliphatic carboxylic acids is 1. The van der Waals surface area contributed by atoms with E-state index in [1.165, 1.54) is 12.1 Å². The maximum Gasteiger partial charge on any atom is 0.305 e. The standard InChI is InChI=1S/C33H35FN2O5.C3H8O/c1-21(2)31-30(33(41)35-25-11-7-4-8-12-25)29(22-9-5-3-6-10-22)32(23-13-15-24(34)16-14-23)36(31)18-17-26(37)19-27(38)20-28(39)40;1-2-3-4/h3-16,21,26-27,37-38H,17-20H2,1-2H3,(H,35,41)(H,39,40);4H,2-3H2,1H3/t26-,27-;/m1./s1. The summed E-state index contributed by atoms with van der Waals surface area (Å²) in [6.07, 6.45) is -1.63. The molecule has 1 heterocycles. The van der Waals surface area contributed by atoms with Crippen molar-refractivity contribution in [1.29, 1.82) is 0 Å². The summed E-state index contributed by atoms with van der Waals surface area (Å²) in [7, 11) is 0. The zero-order valence-corrected chi connectivity index (χ0v) is 26.0. The van der Waals surface area contributed by atoms with Crippen molar-refractivity contribution in [3.63, 3.8) is 0 Å². The second-order valence-electron chi connectivity index (χ2n) is 11.1. The van der Waals surface area contributed by atoms with Crippen LogP contribution in [-0.2, 0) is 11.3 Å². The number of amides is 1. The van der Waals surface area contributed by atoms with Gasteiger partial charge in [0.2, 0.25) is 0 Å². The molecule has 0 radical (unpaired) electrons. The van der Waals surface area contributed by atoms with Gasteiger partial charge in [-0.25, -0.2) is 4.39 Å². The molecule has 240 valence electrons. The van der Waals surface area contributed by atoms with Crippen LogP contribution >= 0.6 is 0 Å². The van der Waals surface area contributed by atoms with Gasteiger partial charge in [-0.3, -0.25) is 9.59 Å². The lowest BCUT2D eigenvalue weighted by Crippen LogP contribution is -2.22. The molecule has 9 heteroatoms. The summed E-state index contributed by atoms with van der Waals surface area (Å²) in [4.78, 5) is 25.0. The Kier molecular flexibility index (Phi) is 13.5. The first-order valence-corrected chi connectivity index (χ1v) is 15.2. The summed E-state index contributed by atoms with van der Waals surface area (Å²) >= 11 is 0. The first-order chi connectivity index (χ1) is 21.6. The number of aliphatic hydroxyl groups excluding tert-OH is 3. The average molecular weight is 619 g/mol. The summed E-state index contributed by atoms with van der Waals surface area (Å²) in [6.45, 7) is 6.50. The molecule has 0 spiro atoms. The number of carboxylic acid groups (broad SMARTS) is 1. The minimum Gasteiger partial charge on any atom is -0.481 e. The van der Waals surface area contributed by atoms with Gasteiger partial charge in [0.05, 0.1) is 29.9 Å². The molecule has 0 saturated carbocycles. The maximum absolute atomic E-state index is 14.0. The Bertz CT molecular complexity index is 1500. The Morgan fingerprint density at radius 1 is 0.867 bits per heavy atom. The van der Waals surface area contributed by atoms with E-state index in [2.05, 4.69) is 5.32 Å². The Labute approximate surface area is 263 Å². The Hall–Kier alpha value is -4.31. The number of benzene rings is 3. The molecule has 0 aliphatic carbocycles. The average Bonchev–Trinajstić information content (AvgIpc) is 3.36. The first-order valence-electron chi connectivity index (χ1n) is 15.2. The van der Waals surface area contributed by atoms with Crippen LogP contribution in [0.15, 0.2) is 84.9 Å². The minimum atomic E-state index is -1.18. The number of nitrogens with zero attached hydrogens (tertiary/aromatic N) is 1. The molecular weight excluding hydrogens is 575 g/mol. The van der Waals surface area contributed by atoms with E-state index >= 15 is 0 Å². The highest BCUT2D eigenvalue weighted by Gasteiger charge is 2.31. The van der Waals surface area contributed by atoms with Gasteiger partial charge in [0.15, 0.2) is 0 Å². The second-order valence-corrected chi connectivity index (χ2v) is 11.1. The number of aromatic nitrogens is 1. The highest BCUT2D eigenvalue weighted by molar-refractivity contribution is 6.12. The van der Waals surface area contributed by atoms with Crippen LogP contribution in [0.4, 0.5) is 10.1 Å². The van der Waals surface area contributed by atoms with Crippen molar-refractivity contribution in [1.82, 2.24) is 4.57 Å². The largest absolute Gasteiger partial charge is 0.481 e. The molecule has 0 unspecified atom stereocenters. The molecule has 1 amide bonds. The van der Waals surface area contributed by atoms with Gasteiger partial charge >= 0.3 is 5.97 Å². The normalized spacial score (nSPS) is 12.3. The number of aliphatic hydroxyl groups is 3. The summed E-state index contributed by atoms with van der Waals surface area (Å²) in [5, 5.41) is 40.7. The third-order valence-electron chi connectivity index (χ3n) is 7.15. The molecule has 3 aromatic carbocycles. The predicted octanol–water partition coefficient (Wildman–Crippen LogP) is 6.70. The van der Waals surface area contributed by atoms with E-state index in [9.17, 15) is 24.2 Å². The monoisotopic (exact) mass is 618 g/mol. The van der Waals surface area contributed by atoms with Gasteiger partial charge in [-0.1, -0.05) is 69.3 Å². The van der Waals surface area contributed by atoms with E-state index in [4.69, 9.17) is 10.2 Å². The van der Waals surface area contributed by atoms with Crippen LogP contribution in [0, 0.1) is 5.82 Å². The zero-order valence-electron chi connectivity index (χ0n) is 26.0. The van der Waals surface area contributed by atoms with E-state index in [-0.39, 0.29) is 37.0 Å². The molecule has 2 atom stereocenters. The molecule has 4 rings (SSSR count). The van der Waals surface area contributed by atoms with Gasteiger partial charge in [-0.15, -0.1) is 0 Å². The number of nitrogens with one attached hydrogen (secondary N) is 1. The molecule has 0 saturated heterocycles. The number of para-hydroxylation sites is 1. The second kappa shape index (κ2) is 17.2. The van der Waals surface area contributed by atoms with Crippen molar-refractivity contribution in [2.24, 2.45) is 0 Å². The summed E-state index contributed by atoms with van der Waals surface area (Å²) in [6, 6.07) is 24.8. The predicted molar refractivity (Wildman–Crippen MR) is 175 cm³/mol. The lowest BCUT2D eigenvalue weighted by molar-refractivity contribution is -0.139. The first kappa shape index (κ1) is 35.2. The molecule has 4 aromatic rings. The fourth-order valence-electron chi connectivity index (χ4n) is 5.20. The highest BCUT2D eigenvalue weighted by Crippen LogP contribution is 2.42. The number of hydrogen-bond donors (Lipinski definition) is 5. The minimum absolute atomic E-state index is 0.0939. The van der Waals surface area contributed by atoms with Crippen LogP contribution in [0.25, 0.3) is 22.4 Å². The van der Waals surface area contributed by atoms with Gasteiger partial charge < -0.3 is 30.3 Å². The van der Waals surface area contributed by atoms with E-state index in [1.54, 1.807) is 12.1 Å². The van der Waals surface area contributed by atoms with Crippen molar-refractivity contribution in [3.05, 3.63) is 102 Å². The quantitative estimate of drug-likeness (QED) is 0.113. The molecule has 0 aliphatic heterocycles. The number of rotatable bonds is 13. The number of halogens is 1. The van der Waals surface area contributed by atoms with Gasteiger partial charge in [0, 0.05) is 30.1 Å². The fourth-order valence-corrected chi connectivity index (χ4v) is 5.20. The van der Waals surface area contributed by atoms with Crippen molar-refractivity contribution < 1.29 is 34.4 Å². The number of carbonyl (C=O) groups is 2. The molecule has 0 aliphatic rings. The van der Waals surface area contributed by atoms with Crippen molar-refractivity contribution in [2.75, 3.05) is 11.9 Å². The Morgan fingerprint density at radius 3 is 1.98 bits per heavy atom. The van der Waals surface area contributed by atoms with Crippen molar-refractivity contribution in [2.45, 2.75) is 71.1 Å². The Balaban J connectivity index is 0.00000130. The molecule has 8 nitrogen and oxygen atoms in total. The van der Waals surface area contributed by atoms with Crippen LogP contribution in [0.5, 0.6) is 0 Å². The number of carboxylic acids is 1. The SMILES string of the molecule is CC(C)c1c(C(=O)Nc2ccccc2)c(-c2ccccc2)c(-c2ccc(F)cc2)n1CC[C@@H](O)C[C@@H](O)CC(=O)O.CCCO. The molecule has 45 heavy (non-hydrogen) atoms. The van der Waals surface area contributed by atoms with E-state index < -0.39 is 24.6 Å². The zero-order chi connectivity index (χ0) is 32.9. The van der Waals surface area contributed by atoms with E-state index in [1.807, 2.05) is 86.0 Å². The molecule has 0 fully saturated rings. The van der Waals surface area contributed by atoms with Crippen LogP contribution in [0.1, 0.15) is 68.4 Å².